The minimum atomic E-state index is -0.843. The number of hydrogen-bond donors (Lipinski definition) is 0. The second-order valence-corrected chi connectivity index (χ2v) is 6.06. The summed E-state index contributed by atoms with van der Waals surface area (Å²) in [6.07, 6.45) is 0. The zero-order valence-electron chi connectivity index (χ0n) is 14.0. The molecule has 0 spiro atoms. The monoisotopic (exact) mass is 366 g/mol. The Hall–Kier alpha value is -2.48. The van der Waals surface area contributed by atoms with E-state index in [4.69, 9.17) is 13.7 Å². The molecule has 132 valence electrons. The summed E-state index contributed by atoms with van der Waals surface area (Å²) in [6.45, 7) is 0. The molecule has 3 aromatic carbocycles. The Balaban J connectivity index is 1.66. The predicted octanol–water partition coefficient (Wildman–Crippen LogP) is 1.65. The molecule has 3 aromatic rings. The van der Waals surface area contributed by atoms with Crippen molar-refractivity contribution in [2.24, 2.45) is 0 Å². The Morgan fingerprint density at radius 2 is 0.630 bits per heavy atom. The van der Waals surface area contributed by atoms with Crippen LogP contribution in [-0.2, 0) is 13.7 Å². The van der Waals surface area contributed by atoms with Crippen molar-refractivity contribution in [2.75, 3.05) is 0 Å². The molecule has 0 saturated carbocycles. The van der Waals surface area contributed by atoms with Gasteiger partial charge in [0.25, 0.3) is 0 Å². The first kappa shape index (κ1) is 17.9. The Morgan fingerprint density at radius 3 is 0.852 bits per heavy atom. The van der Waals surface area contributed by atoms with Crippen LogP contribution >= 0.6 is 0 Å². The van der Waals surface area contributed by atoms with Crippen LogP contribution in [0, 0.1) is 17.5 Å². The lowest BCUT2D eigenvalue weighted by Gasteiger charge is -2.31. The first-order valence-corrected chi connectivity index (χ1v) is 8.31. The summed E-state index contributed by atoms with van der Waals surface area (Å²) in [5.41, 5.74) is 1.79. The molecule has 4 rings (SSSR count). The lowest BCUT2D eigenvalue weighted by Crippen LogP contribution is -2.61. The molecule has 1 aliphatic rings. The van der Waals surface area contributed by atoms with Crippen molar-refractivity contribution < 1.29 is 26.9 Å². The van der Waals surface area contributed by atoms with Crippen LogP contribution in [-0.4, -0.2) is 21.4 Å². The first-order valence-electron chi connectivity index (χ1n) is 8.31. The highest BCUT2D eigenvalue weighted by molar-refractivity contribution is 6.87. The van der Waals surface area contributed by atoms with E-state index < -0.39 is 21.4 Å². The zero-order valence-corrected chi connectivity index (χ0v) is 14.0. The Kier molecular flexibility index (Phi) is 5.07. The standard InChI is InChI=1S/C18H12B3F3O3/c22-16-7-1-13(2-8-16)19-25-20(14-3-9-17(23)10-4-14)27-21(26-19)15-5-11-18(24)12-6-15/h1-12H. The van der Waals surface area contributed by atoms with Crippen molar-refractivity contribution in [3.8, 4) is 0 Å². The Labute approximate surface area is 155 Å². The van der Waals surface area contributed by atoms with Gasteiger partial charge in [0.05, 0.1) is 0 Å². The van der Waals surface area contributed by atoms with E-state index in [1.807, 2.05) is 0 Å². The van der Waals surface area contributed by atoms with Crippen LogP contribution in [0.1, 0.15) is 0 Å². The largest absolute Gasteiger partial charge is 0.467 e. The summed E-state index contributed by atoms with van der Waals surface area (Å²) in [5.74, 6) is -1.14. The van der Waals surface area contributed by atoms with Gasteiger partial charge >= 0.3 is 21.4 Å². The predicted molar refractivity (Wildman–Crippen MR) is 98.6 cm³/mol. The molecule has 1 aliphatic heterocycles. The van der Waals surface area contributed by atoms with Gasteiger partial charge < -0.3 is 13.7 Å². The lowest BCUT2D eigenvalue weighted by molar-refractivity contribution is 0.308. The molecule has 0 unspecified atom stereocenters. The fourth-order valence-electron chi connectivity index (χ4n) is 2.76. The van der Waals surface area contributed by atoms with Crippen LogP contribution < -0.4 is 16.4 Å². The number of rotatable bonds is 3. The molecule has 27 heavy (non-hydrogen) atoms. The van der Waals surface area contributed by atoms with Crippen LogP contribution in [0.15, 0.2) is 72.8 Å². The van der Waals surface area contributed by atoms with Crippen LogP contribution in [0.3, 0.4) is 0 Å². The summed E-state index contributed by atoms with van der Waals surface area (Å²) < 4.78 is 57.3. The third-order valence-corrected chi connectivity index (χ3v) is 4.17. The maximum Gasteiger partial charge on any atom is 0.467 e. The van der Waals surface area contributed by atoms with Gasteiger partial charge in [0.15, 0.2) is 0 Å². The van der Waals surface area contributed by atoms with Crippen molar-refractivity contribution in [1.82, 2.24) is 0 Å². The maximum absolute atomic E-state index is 13.2. The zero-order chi connectivity index (χ0) is 18.8. The smallest absolute Gasteiger partial charge is 0.445 e. The molecule has 0 N–H and O–H groups in total. The molecule has 1 fully saturated rings. The molecule has 1 heterocycles. The average Bonchev–Trinajstić information content (AvgIpc) is 2.69. The second-order valence-electron chi connectivity index (χ2n) is 6.06. The molecule has 0 atom stereocenters. The molecule has 0 aliphatic carbocycles. The minimum Gasteiger partial charge on any atom is -0.445 e. The maximum atomic E-state index is 13.2. The molecule has 3 nitrogen and oxygen atoms in total. The summed E-state index contributed by atoms with van der Waals surface area (Å²) in [6, 6.07) is 17.1. The van der Waals surface area contributed by atoms with Crippen molar-refractivity contribution in [3.63, 3.8) is 0 Å². The van der Waals surface area contributed by atoms with E-state index in [2.05, 4.69) is 0 Å². The summed E-state index contributed by atoms with van der Waals surface area (Å²) in [5, 5.41) is 0. The SMILES string of the molecule is Fc1ccc(B2OB(c3ccc(F)cc3)OB(c3ccc(F)cc3)O2)cc1. The molecular formula is C18H12B3F3O3. The van der Waals surface area contributed by atoms with Crippen molar-refractivity contribution in [3.05, 3.63) is 90.2 Å². The molecule has 0 aromatic heterocycles. The van der Waals surface area contributed by atoms with Gasteiger partial charge in [-0.3, -0.25) is 0 Å². The third-order valence-electron chi connectivity index (χ3n) is 4.17. The molecule has 9 heteroatoms. The van der Waals surface area contributed by atoms with Crippen molar-refractivity contribution in [1.29, 1.82) is 0 Å². The van der Waals surface area contributed by atoms with Gasteiger partial charge in [-0.15, -0.1) is 0 Å². The van der Waals surface area contributed by atoms with Crippen molar-refractivity contribution in [2.45, 2.75) is 0 Å². The van der Waals surface area contributed by atoms with Gasteiger partial charge in [-0.05, 0) is 52.8 Å². The van der Waals surface area contributed by atoms with E-state index in [1.54, 1.807) is 36.4 Å². The van der Waals surface area contributed by atoms with E-state index >= 15 is 0 Å². The van der Waals surface area contributed by atoms with Crippen LogP contribution in [0.25, 0.3) is 0 Å². The molecule has 0 bridgehead atoms. The number of benzene rings is 3. The van der Waals surface area contributed by atoms with Crippen LogP contribution in [0.5, 0.6) is 0 Å². The van der Waals surface area contributed by atoms with Crippen LogP contribution in [0.2, 0.25) is 0 Å². The van der Waals surface area contributed by atoms with E-state index in [-0.39, 0.29) is 17.5 Å². The van der Waals surface area contributed by atoms with Gasteiger partial charge in [-0.25, -0.2) is 13.2 Å². The lowest BCUT2D eigenvalue weighted by atomic mass is 9.61. The quantitative estimate of drug-likeness (QED) is 0.661. The van der Waals surface area contributed by atoms with E-state index in [0.29, 0.717) is 16.4 Å². The highest BCUT2D eigenvalue weighted by Gasteiger charge is 2.43. The molecule has 1 saturated heterocycles. The summed E-state index contributed by atoms with van der Waals surface area (Å²) in [7, 11) is -2.53. The molecule has 0 amide bonds. The average molecular weight is 366 g/mol. The fourth-order valence-corrected chi connectivity index (χ4v) is 2.76. The second kappa shape index (κ2) is 7.64. The fraction of sp³-hybridized carbons (Fsp3) is 0. The third kappa shape index (κ3) is 4.11. The van der Waals surface area contributed by atoms with E-state index in [1.165, 1.54) is 36.4 Å². The van der Waals surface area contributed by atoms with E-state index in [9.17, 15) is 13.2 Å². The first-order chi connectivity index (χ1) is 13.1. The normalized spacial score (nSPS) is 14.6. The van der Waals surface area contributed by atoms with Gasteiger partial charge in [0.2, 0.25) is 0 Å². The van der Waals surface area contributed by atoms with Gasteiger partial charge in [0.1, 0.15) is 17.5 Å². The summed E-state index contributed by atoms with van der Waals surface area (Å²) in [4.78, 5) is 0. The van der Waals surface area contributed by atoms with Gasteiger partial charge in [-0.1, -0.05) is 36.4 Å². The molecule has 0 radical (unpaired) electrons. The number of halogens is 3. The minimum absolute atomic E-state index is 0.379. The van der Waals surface area contributed by atoms with E-state index in [0.717, 1.165) is 0 Å². The van der Waals surface area contributed by atoms with Crippen LogP contribution in [0.4, 0.5) is 13.2 Å². The Morgan fingerprint density at radius 1 is 0.407 bits per heavy atom. The number of hydrogen-bond acceptors (Lipinski definition) is 3. The van der Waals surface area contributed by atoms with Gasteiger partial charge in [0, 0.05) is 0 Å². The Bertz CT molecular complexity index is 779. The highest BCUT2D eigenvalue weighted by Crippen LogP contribution is 2.11. The van der Waals surface area contributed by atoms with Gasteiger partial charge in [-0.2, -0.15) is 0 Å². The topological polar surface area (TPSA) is 27.7 Å². The van der Waals surface area contributed by atoms with Crippen molar-refractivity contribution >= 4 is 37.7 Å². The highest BCUT2D eigenvalue weighted by atomic mass is 19.1. The summed E-state index contributed by atoms with van der Waals surface area (Å²) >= 11 is 0. The molecular weight excluding hydrogens is 354 g/mol.